The Morgan fingerprint density at radius 1 is 1.33 bits per heavy atom. The highest BCUT2D eigenvalue weighted by Gasteiger charge is 2.18. The maximum atomic E-state index is 5.73. The van der Waals surface area contributed by atoms with Gasteiger partial charge in [-0.2, -0.15) is 5.10 Å². The zero-order valence-corrected chi connectivity index (χ0v) is 14.1. The summed E-state index contributed by atoms with van der Waals surface area (Å²) in [6.07, 6.45) is 4.33. The first-order valence-electron chi connectivity index (χ1n) is 7.29. The molecule has 0 aliphatic rings. The lowest BCUT2D eigenvalue weighted by atomic mass is 10.1. The Kier molecular flexibility index (Phi) is 5.90. The molecule has 0 fully saturated rings. The van der Waals surface area contributed by atoms with E-state index in [2.05, 4.69) is 45.3 Å². The molecular formula is C15H22BrN5. The van der Waals surface area contributed by atoms with E-state index >= 15 is 0 Å². The number of nitrogens with two attached hydrogens (primary N) is 1. The minimum Gasteiger partial charge on any atom is -0.271 e. The minimum atomic E-state index is 0.128. The van der Waals surface area contributed by atoms with Gasteiger partial charge in [-0.05, 0) is 41.4 Å². The van der Waals surface area contributed by atoms with Crippen LogP contribution in [-0.2, 0) is 25.8 Å². The van der Waals surface area contributed by atoms with Gasteiger partial charge in [0.05, 0.1) is 15.9 Å². The van der Waals surface area contributed by atoms with Crippen molar-refractivity contribution in [2.24, 2.45) is 5.84 Å². The van der Waals surface area contributed by atoms with E-state index < -0.39 is 0 Å². The van der Waals surface area contributed by atoms with E-state index in [4.69, 9.17) is 5.84 Å². The number of hydrogen-bond acceptors (Lipinski definition) is 4. The van der Waals surface area contributed by atoms with Crippen LogP contribution in [0.2, 0.25) is 0 Å². The van der Waals surface area contributed by atoms with Crippen LogP contribution in [-0.4, -0.2) is 20.8 Å². The topological polar surface area (TPSA) is 68.8 Å². The van der Waals surface area contributed by atoms with Crippen molar-refractivity contribution in [1.29, 1.82) is 0 Å². The maximum Gasteiger partial charge on any atom is 0.0766 e. The number of hydrogen-bond donors (Lipinski definition) is 2. The van der Waals surface area contributed by atoms with E-state index in [-0.39, 0.29) is 6.04 Å². The number of nitrogens with zero attached hydrogens (tertiary/aromatic N) is 3. The fourth-order valence-corrected chi connectivity index (χ4v) is 3.13. The van der Waals surface area contributed by atoms with Crippen LogP contribution >= 0.6 is 15.9 Å². The summed E-state index contributed by atoms with van der Waals surface area (Å²) in [6, 6.07) is 6.07. The summed E-state index contributed by atoms with van der Waals surface area (Å²) in [4.78, 5) is 4.36. The third kappa shape index (κ3) is 3.90. The lowest BCUT2D eigenvalue weighted by molar-refractivity contribution is 0.491. The Bertz CT molecular complexity index is 567. The first kappa shape index (κ1) is 16.1. The smallest absolute Gasteiger partial charge is 0.0766 e. The SMILES string of the molecule is CCc1nn(CC)c(CC(Cc2ccccn2)NN)c1Br. The molecule has 0 saturated heterocycles. The zero-order chi connectivity index (χ0) is 15.2. The molecule has 2 heterocycles. The fourth-order valence-electron chi connectivity index (χ4n) is 2.41. The van der Waals surface area contributed by atoms with Crippen molar-refractivity contribution in [1.82, 2.24) is 20.2 Å². The van der Waals surface area contributed by atoms with Crippen LogP contribution < -0.4 is 11.3 Å². The van der Waals surface area contributed by atoms with Crippen LogP contribution in [0.15, 0.2) is 28.9 Å². The Balaban J connectivity index is 2.16. The van der Waals surface area contributed by atoms with Gasteiger partial charge >= 0.3 is 0 Å². The second-order valence-corrected chi connectivity index (χ2v) is 5.76. The summed E-state index contributed by atoms with van der Waals surface area (Å²) >= 11 is 3.68. The fraction of sp³-hybridized carbons (Fsp3) is 0.467. The molecule has 3 N–H and O–H groups in total. The average Bonchev–Trinajstić information content (AvgIpc) is 2.83. The standard InChI is InChI=1S/C15H22BrN5/c1-3-13-15(16)14(21(4-2)20-13)10-12(19-17)9-11-7-5-6-8-18-11/h5-8,12,19H,3-4,9-10,17H2,1-2H3. The zero-order valence-electron chi connectivity index (χ0n) is 12.5. The first-order chi connectivity index (χ1) is 10.2. The molecule has 0 aliphatic carbocycles. The first-order valence-corrected chi connectivity index (χ1v) is 8.08. The number of nitrogens with one attached hydrogen (secondary N) is 1. The van der Waals surface area contributed by atoms with Gasteiger partial charge in [0.2, 0.25) is 0 Å². The number of halogens is 1. The second kappa shape index (κ2) is 7.68. The van der Waals surface area contributed by atoms with Crippen LogP contribution in [0, 0.1) is 0 Å². The Hall–Kier alpha value is -1.24. The molecule has 1 atom stereocenters. The molecule has 0 aliphatic heterocycles. The van der Waals surface area contributed by atoms with E-state index in [0.717, 1.165) is 41.7 Å². The molecule has 1 unspecified atom stereocenters. The Morgan fingerprint density at radius 3 is 2.71 bits per heavy atom. The molecule has 0 amide bonds. The molecule has 5 nitrogen and oxygen atoms in total. The summed E-state index contributed by atoms with van der Waals surface area (Å²) in [5, 5.41) is 4.63. The average molecular weight is 352 g/mol. The molecule has 0 aromatic carbocycles. The van der Waals surface area contributed by atoms with Gasteiger partial charge in [-0.3, -0.25) is 20.9 Å². The summed E-state index contributed by atoms with van der Waals surface area (Å²) < 4.78 is 3.15. The number of aryl methyl sites for hydroxylation is 2. The highest BCUT2D eigenvalue weighted by molar-refractivity contribution is 9.10. The van der Waals surface area contributed by atoms with E-state index in [1.165, 1.54) is 5.69 Å². The van der Waals surface area contributed by atoms with Crippen LogP contribution in [0.25, 0.3) is 0 Å². The van der Waals surface area contributed by atoms with Gasteiger partial charge in [0, 0.05) is 37.3 Å². The monoisotopic (exact) mass is 351 g/mol. The normalized spacial score (nSPS) is 12.6. The van der Waals surface area contributed by atoms with Crippen molar-refractivity contribution in [3.05, 3.63) is 46.0 Å². The van der Waals surface area contributed by atoms with Gasteiger partial charge in [-0.25, -0.2) is 0 Å². The van der Waals surface area contributed by atoms with E-state index in [1.807, 2.05) is 29.1 Å². The predicted molar refractivity (Wildman–Crippen MR) is 87.7 cm³/mol. The quantitative estimate of drug-likeness (QED) is 0.592. The molecule has 0 bridgehead atoms. The largest absolute Gasteiger partial charge is 0.271 e. The molecule has 2 rings (SSSR count). The highest BCUT2D eigenvalue weighted by atomic mass is 79.9. The van der Waals surface area contributed by atoms with Crippen LogP contribution in [0.5, 0.6) is 0 Å². The highest BCUT2D eigenvalue weighted by Crippen LogP contribution is 2.24. The molecular weight excluding hydrogens is 330 g/mol. The van der Waals surface area contributed by atoms with Gasteiger partial charge in [0.15, 0.2) is 0 Å². The van der Waals surface area contributed by atoms with Crippen molar-refractivity contribution in [2.45, 2.75) is 45.7 Å². The summed E-state index contributed by atoms with van der Waals surface area (Å²) in [6.45, 7) is 5.07. The number of rotatable bonds is 7. The number of aromatic nitrogens is 3. The molecule has 2 aromatic heterocycles. The van der Waals surface area contributed by atoms with E-state index in [0.29, 0.717) is 0 Å². The van der Waals surface area contributed by atoms with Crippen LogP contribution in [0.3, 0.4) is 0 Å². The van der Waals surface area contributed by atoms with E-state index in [1.54, 1.807) is 0 Å². The van der Waals surface area contributed by atoms with Crippen molar-refractivity contribution >= 4 is 15.9 Å². The Morgan fingerprint density at radius 2 is 2.14 bits per heavy atom. The number of pyridine rings is 1. The third-order valence-electron chi connectivity index (χ3n) is 3.55. The summed E-state index contributed by atoms with van der Waals surface area (Å²) in [5.74, 6) is 5.73. The van der Waals surface area contributed by atoms with Crippen LogP contribution in [0.4, 0.5) is 0 Å². The molecule has 0 saturated carbocycles. The molecule has 6 heteroatoms. The van der Waals surface area contributed by atoms with Crippen molar-refractivity contribution in [2.75, 3.05) is 0 Å². The Labute approximate surface area is 134 Å². The molecule has 114 valence electrons. The minimum absolute atomic E-state index is 0.128. The second-order valence-electron chi connectivity index (χ2n) is 4.97. The van der Waals surface area contributed by atoms with E-state index in [9.17, 15) is 0 Å². The summed E-state index contributed by atoms with van der Waals surface area (Å²) in [7, 11) is 0. The van der Waals surface area contributed by atoms with Gasteiger partial charge in [-0.1, -0.05) is 13.0 Å². The molecule has 0 radical (unpaired) electrons. The van der Waals surface area contributed by atoms with Crippen molar-refractivity contribution in [3.63, 3.8) is 0 Å². The van der Waals surface area contributed by atoms with Gasteiger partial charge in [0.25, 0.3) is 0 Å². The van der Waals surface area contributed by atoms with Crippen LogP contribution in [0.1, 0.15) is 30.9 Å². The predicted octanol–water partition coefficient (Wildman–Crippen LogP) is 2.24. The van der Waals surface area contributed by atoms with Crippen molar-refractivity contribution in [3.8, 4) is 0 Å². The number of hydrazine groups is 1. The maximum absolute atomic E-state index is 5.73. The third-order valence-corrected chi connectivity index (χ3v) is 4.47. The van der Waals surface area contributed by atoms with Crippen molar-refractivity contribution < 1.29 is 0 Å². The van der Waals surface area contributed by atoms with Gasteiger partial charge in [-0.15, -0.1) is 0 Å². The van der Waals surface area contributed by atoms with Gasteiger partial charge in [0.1, 0.15) is 0 Å². The molecule has 21 heavy (non-hydrogen) atoms. The van der Waals surface area contributed by atoms with Gasteiger partial charge < -0.3 is 0 Å². The molecule has 2 aromatic rings. The lowest BCUT2D eigenvalue weighted by Gasteiger charge is -2.16. The molecule has 0 spiro atoms. The summed E-state index contributed by atoms with van der Waals surface area (Å²) in [5.41, 5.74) is 6.23. The lowest BCUT2D eigenvalue weighted by Crippen LogP contribution is -2.39.